The highest BCUT2D eigenvalue weighted by molar-refractivity contribution is 5.77. The molecule has 4 heteroatoms. The van der Waals surface area contributed by atoms with Crippen LogP contribution in [0.15, 0.2) is 0 Å². The fraction of sp³-hybridized carbons (Fsp3) is 0.909. The van der Waals surface area contributed by atoms with E-state index in [0.717, 1.165) is 19.5 Å². The van der Waals surface area contributed by atoms with Gasteiger partial charge < -0.3 is 15.4 Å². The van der Waals surface area contributed by atoms with Gasteiger partial charge in [-0.3, -0.25) is 4.79 Å². The third-order valence-electron chi connectivity index (χ3n) is 2.53. The van der Waals surface area contributed by atoms with Crippen LogP contribution in [0.3, 0.4) is 0 Å². The Balaban J connectivity index is 1.96. The van der Waals surface area contributed by atoms with Crippen LogP contribution in [0.4, 0.5) is 0 Å². The molecule has 88 valence electrons. The molecule has 0 radical (unpaired) electrons. The number of carbonyl (C=O) groups is 1. The first-order valence-electron chi connectivity index (χ1n) is 5.80. The summed E-state index contributed by atoms with van der Waals surface area (Å²) in [6.45, 7) is 5.90. The summed E-state index contributed by atoms with van der Waals surface area (Å²) in [5.41, 5.74) is 0. The molecule has 1 unspecified atom stereocenters. The van der Waals surface area contributed by atoms with Crippen molar-refractivity contribution in [3.05, 3.63) is 0 Å². The Bertz CT molecular complexity index is 189. The number of amides is 1. The van der Waals surface area contributed by atoms with Crippen LogP contribution in [0, 0.1) is 0 Å². The number of hydrogen-bond acceptors (Lipinski definition) is 3. The largest absolute Gasteiger partial charge is 0.369 e. The summed E-state index contributed by atoms with van der Waals surface area (Å²) in [6, 6.07) is 0.594. The topological polar surface area (TPSA) is 50.4 Å². The number of hydrogen-bond donors (Lipinski definition) is 2. The molecule has 2 N–H and O–H groups in total. The quantitative estimate of drug-likeness (QED) is 0.683. The van der Waals surface area contributed by atoms with E-state index in [1.54, 1.807) is 0 Å². The van der Waals surface area contributed by atoms with Gasteiger partial charge in [-0.1, -0.05) is 0 Å². The maximum absolute atomic E-state index is 11.3. The Morgan fingerprint density at radius 2 is 2.40 bits per heavy atom. The molecule has 0 aromatic rings. The zero-order chi connectivity index (χ0) is 11.1. The molecule has 4 nitrogen and oxygen atoms in total. The fourth-order valence-electron chi connectivity index (χ4n) is 1.68. The fourth-order valence-corrected chi connectivity index (χ4v) is 1.68. The standard InChI is InChI=1S/C11H22N2O2/c1-9(2)15-8-11(14)13-7-5-10-4-3-6-12-10/h9-10,12H,3-8H2,1-2H3,(H,13,14). The Morgan fingerprint density at radius 1 is 1.60 bits per heavy atom. The highest BCUT2D eigenvalue weighted by Gasteiger charge is 2.13. The van der Waals surface area contributed by atoms with Gasteiger partial charge >= 0.3 is 0 Å². The van der Waals surface area contributed by atoms with Crippen molar-refractivity contribution >= 4 is 5.91 Å². The van der Waals surface area contributed by atoms with Crippen LogP contribution in [0.2, 0.25) is 0 Å². The van der Waals surface area contributed by atoms with Crippen molar-refractivity contribution in [2.75, 3.05) is 19.7 Å². The molecule has 0 aliphatic carbocycles. The molecule has 1 amide bonds. The summed E-state index contributed by atoms with van der Waals surface area (Å²) >= 11 is 0. The maximum atomic E-state index is 11.3. The van der Waals surface area contributed by atoms with Gasteiger partial charge in [0.05, 0.1) is 6.10 Å². The van der Waals surface area contributed by atoms with E-state index in [4.69, 9.17) is 4.74 Å². The highest BCUT2D eigenvalue weighted by atomic mass is 16.5. The second-order valence-corrected chi connectivity index (χ2v) is 4.29. The Hall–Kier alpha value is -0.610. The second kappa shape index (κ2) is 6.80. The summed E-state index contributed by atoms with van der Waals surface area (Å²) in [5.74, 6) is -0.0123. The highest BCUT2D eigenvalue weighted by Crippen LogP contribution is 2.07. The van der Waals surface area contributed by atoms with Gasteiger partial charge in [-0.2, -0.15) is 0 Å². The van der Waals surface area contributed by atoms with Crippen molar-refractivity contribution in [3.8, 4) is 0 Å². The number of rotatable bonds is 6. The van der Waals surface area contributed by atoms with E-state index < -0.39 is 0 Å². The average molecular weight is 214 g/mol. The number of carbonyl (C=O) groups excluding carboxylic acids is 1. The molecule has 1 rings (SSSR count). The minimum absolute atomic E-state index is 0.0123. The zero-order valence-electron chi connectivity index (χ0n) is 9.71. The third kappa shape index (κ3) is 5.74. The van der Waals surface area contributed by atoms with Crippen molar-refractivity contribution in [2.45, 2.75) is 45.3 Å². The van der Waals surface area contributed by atoms with E-state index in [0.29, 0.717) is 6.04 Å². The van der Waals surface area contributed by atoms with E-state index in [1.807, 2.05) is 13.8 Å². The smallest absolute Gasteiger partial charge is 0.246 e. The van der Waals surface area contributed by atoms with Gasteiger partial charge in [-0.05, 0) is 39.7 Å². The Kier molecular flexibility index (Phi) is 5.65. The first-order chi connectivity index (χ1) is 7.18. The average Bonchev–Trinajstić information content (AvgIpc) is 2.67. The molecule has 1 atom stereocenters. The van der Waals surface area contributed by atoms with Gasteiger partial charge in [0, 0.05) is 12.6 Å². The van der Waals surface area contributed by atoms with Crippen molar-refractivity contribution in [3.63, 3.8) is 0 Å². The molecule has 0 spiro atoms. The minimum Gasteiger partial charge on any atom is -0.369 e. The molecular formula is C11H22N2O2. The van der Waals surface area contributed by atoms with E-state index in [9.17, 15) is 4.79 Å². The molecule has 0 aromatic carbocycles. The van der Waals surface area contributed by atoms with Gasteiger partial charge in [0.25, 0.3) is 0 Å². The van der Waals surface area contributed by atoms with Crippen molar-refractivity contribution in [1.82, 2.24) is 10.6 Å². The third-order valence-corrected chi connectivity index (χ3v) is 2.53. The molecule has 15 heavy (non-hydrogen) atoms. The monoisotopic (exact) mass is 214 g/mol. The summed E-state index contributed by atoms with van der Waals surface area (Å²) in [6.07, 6.45) is 3.63. The maximum Gasteiger partial charge on any atom is 0.246 e. The molecule has 0 aromatic heterocycles. The lowest BCUT2D eigenvalue weighted by atomic mass is 10.1. The Labute approximate surface area is 91.8 Å². The summed E-state index contributed by atoms with van der Waals surface area (Å²) in [4.78, 5) is 11.3. The van der Waals surface area contributed by atoms with Crippen LogP contribution in [-0.2, 0) is 9.53 Å². The second-order valence-electron chi connectivity index (χ2n) is 4.29. The lowest BCUT2D eigenvalue weighted by molar-refractivity contribution is -0.127. The molecule has 1 saturated heterocycles. The lowest BCUT2D eigenvalue weighted by Crippen LogP contribution is -2.33. The van der Waals surface area contributed by atoms with Crippen LogP contribution in [0.1, 0.15) is 33.1 Å². The van der Waals surface area contributed by atoms with E-state index in [2.05, 4.69) is 10.6 Å². The zero-order valence-corrected chi connectivity index (χ0v) is 9.71. The number of nitrogens with one attached hydrogen (secondary N) is 2. The van der Waals surface area contributed by atoms with Crippen LogP contribution in [0.25, 0.3) is 0 Å². The van der Waals surface area contributed by atoms with Crippen LogP contribution in [0.5, 0.6) is 0 Å². The normalized spacial score (nSPS) is 20.9. The summed E-state index contributed by atoms with van der Waals surface area (Å²) in [7, 11) is 0. The van der Waals surface area contributed by atoms with Crippen molar-refractivity contribution < 1.29 is 9.53 Å². The number of ether oxygens (including phenoxy) is 1. The van der Waals surface area contributed by atoms with E-state index in [-0.39, 0.29) is 18.6 Å². The molecular weight excluding hydrogens is 192 g/mol. The summed E-state index contributed by atoms with van der Waals surface area (Å²) < 4.78 is 5.20. The van der Waals surface area contributed by atoms with E-state index >= 15 is 0 Å². The first-order valence-corrected chi connectivity index (χ1v) is 5.80. The molecule has 0 bridgehead atoms. The first kappa shape index (κ1) is 12.5. The van der Waals surface area contributed by atoms with Crippen molar-refractivity contribution in [1.29, 1.82) is 0 Å². The SMILES string of the molecule is CC(C)OCC(=O)NCCC1CCCN1. The van der Waals surface area contributed by atoms with Gasteiger partial charge in [0.2, 0.25) is 5.91 Å². The molecule has 1 aliphatic rings. The van der Waals surface area contributed by atoms with Crippen LogP contribution < -0.4 is 10.6 Å². The van der Waals surface area contributed by atoms with Gasteiger partial charge in [-0.15, -0.1) is 0 Å². The lowest BCUT2D eigenvalue weighted by Gasteiger charge is -2.11. The minimum atomic E-state index is -0.0123. The van der Waals surface area contributed by atoms with Crippen LogP contribution >= 0.6 is 0 Å². The van der Waals surface area contributed by atoms with Gasteiger partial charge in [0.15, 0.2) is 0 Å². The molecule has 1 fully saturated rings. The molecule has 0 saturated carbocycles. The van der Waals surface area contributed by atoms with Gasteiger partial charge in [0.1, 0.15) is 6.61 Å². The predicted molar refractivity (Wildman–Crippen MR) is 59.7 cm³/mol. The van der Waals surface area contributed by atoms with Crippen molar-refractivity contribution in [2.24, 2.45) is 0 Å². The molecule has 1 heterocycles. The van der Waals surface area contributed by atoms with Gasteiger partial charge in [-0.25, -0.2) is 0 Å². The van der Waals surface area contributed by atoms with E-state index in [1.165, 1.54) is 12.8 Å². The van der Waals surface area contributed by atoms with Crippen LogP contribution in [-0.4, -0.2) is 37.7 Å². The predicted octanol–water partition coefficient (Wildman–Crippen LogP) is 0.670. The Morgan fingerprint density at radius 3 is 3.00 bits per heavy atom. The summed E-state index contributed by atoms with van der Waals surface area (Å²) in [5, 5.41) is 6.26. The molecule has 1 aliphatic heterocycles.